The number of amides is 2. The molecule has 0 bridgehead atoms. The molecule has 1 N–H and O–H groups in total. The average molecular weight is 305 g/mol. The number of rotatable bonds is 3. The molecule has 1 saturated heterocycles. The van der Waals surface area contributed by atoms with Crippen LogP contribution in [0.25, 0.3) is 0 Å². The molecule has 22 heavy (non-hydrogen) atoms. The van der Waals surface area contributed by atoms with Gasteiger partial charge in [-0.3, -0.25) is 0 Å². The third kappa shape index (κ3) is 3.74. The maximum Gasteiger partial charge on any atom is 0.317 e. The summed E-state index contributed by atoms with van der Waals surface area (Å²) in [4.78, 5) is 13.9. The van der Waals surface area contributed by atoms with E-state index in [2.05, 4.69) is 5.32 Å². The van der Waals surface area contributed by atoms with Gasteiger partial charge in [0.15, 0.2) is 0 Å². The first-order valence-corrected chi connectivity index (χ1v) is 7.32. The molecule has 5 nitrogen and oxygen atoms in total. The Balaban J connectivity index is 1.97. The fraction of sp³-hybridized carbons (Fsp3) is 0.500. The lowest BCUT2D eigenvalue weighted by Gasteiger charge is -2.39. The van der Waals surface area contributed by atoms with Crippen molar-refractivity contribution in [3.05, 3.63) is 35.1 Å². The molecule has 1 aliphatic rings. The van der Waals surface area contributed by atoms with E-state index >= 15 is 0 Å². The van der Waals surface area contributed by atoms with Crippen molar-refractivity contribution in [2.75, 3.05) is 19.7 Å². The van der Waals surface area contributed by atoms with Crippen molar-refractivity contribution >= 4 is 6.03 Å². The summed E-state index contributed by atoms with van der Waals surface area (Å²) in [6.07, 6.45) is 0.815. The van der Waals surface area contributed by atoms with Gasteiger partial charge in [-0.15, -0.1) is 0 Å². The van der Waals surface area contributed by atoms with Gasteiger partial charge in [-0.1, -0.05) is 6.92 Å². The van der Waals surface area contributed by atoms with Gasteiger partial charge >= 0.3 is 6.03 Å². The molecule has 0 saturated carbocycles. The highest BCUT2D eigenvalue weighted by Gasteiger charge is 2.32. The number of morpholine rings is 1. The van der Waals surface area contributed by atoms with Crippen molar-refractivity contribution in [3.8, 4) is 6.07 Å². The minimum absolute atomic E-state index is 0.0559. The smallest absolute Gasteiger partial charge is 0.317 e. The molecule has 1 heterocycles. The molecule has 1 unspecified atom stereocenters. The van der Waals surface area contributed by atoms with Crippen molar-refractivity contribution < 1.29 is 13.9 Å². The Labute approximate surface area is 129 Å². The van der Waals surface area contributed by atoms with Crippen LogP contribution in [0.4, 0.5) is 9.18 Å². The van der Waals surface area contributed by atoms with E-state index in [0.717, 1.165) is 6.42 Å². The Bertz CT molecular complexity index is 600. The van der Waals surface area contributed by atoms with Crippen LogP contribution in [0.3, 0.4) is 0 Å². The topological polar surface area (TPSA) is 65.4 Å². The summed E-state index contributed by atoms with van der Waals surface area (Å²) in [5.74, 6) is -0.431. The molecular weight excluding hydrogens is 285 g/mol. The van der Waals surface area contributed by atoms with Crippen LogP contribution in [0.15, 0.2) is 18.2 Å². The van der Waals surface area contributed by atoms with Crippen LogP contribution in [-0.2, 0) is 11.3 Å². The van der Waals surface area contributed by atoms with Gasteiger partial charge in [0.2, 0.25) is 0 Å². The van der Waals surface area contributed by atoms with Gasteiger partial charge in [0.25, 0.3) is 0 Å². The highest BCUT2D eigenvalue weighted by molar-refractivity contribution is 5.74. The lowest BCUT2D eigenvalue weighted by Crippen LogP contribution is -2.54. The molecule has 0 aromatic heterocycles. The molecule has 0 aliphatic carbocycles. The van der Waals surface area contributed by atoms with E-state index in [0.29, 0.717) is 30.8 Å². The number of carbonyl (C=O) groups excluding carboxylic acids is 1. The van der Waals surface area contributed by atoms with Crippen molar-refractivity contribution in [2.24, 2.45) is 0 Å². The van der Waals surface area contributed by atoms with Gasteiger partial charge in [-0.2, -0.15) is 5.26 Å². The Morgan fingerprint density at radius 3 is 3.05 bits per heavy atom. The zero-order valence-corrected chi connectivity index (χ0v) is 12.9. The fourth-order valence-corrected chi connectivity index (χ4v) is 2.38. The predicted molar refractivity (Wildman–Crippen MR) is 79.6 cm³/mol. The lowest BCUT2D eigenvalue weighted by atomic mass is 10.0. The van der Waals surface area contributed by atoms with Crippen LogP contribution in [-0.4, -0.2) is 36.2 Å². The van der Waals surface area contributed by atoms with Gasteiger partial charge in [0.05, 0.1) is 30.4 Å². The minimum atomic E-state index is -0.431. The lowest BCUT2D eigenvalue weighted by molar-refractivity contribution is -0.0872. The first kappa shape index (κ1) is 16.2. The first-order chi connectivity index (χ1) is 10.5. The van der Waals surface area contributed by atoms with Crippen LogP contribution in [0.2, 0.25) is 0 Å². The number of benzene rings is 1. The number of urea groups is 1. The highest BCUT2D eigenvalue weighted by atomic mass is 19.1. The van der Waals surface area contributed by atoms with Gasteiger partial charge in [0, 0.05) is 18.7 Å². The van der Waals surface area contributed by atoms with Crippen LogP contribution in [0.5, 0.6) is 0 Å². The molecule has 6 heteroatoms. The highest BCUT2D eigenvalue weighted by Crippen LogP contribution is 2.21. The summed E-state index contributed by atoms with van der Waals surface area (Å²) in [6, 6.07) is 5.81. The van der Waals surface area contributed by atoms with Crippen molar-refractivity contribution in [3.63, 3.8) is 0 Å². The Hall–Kier alpha value is -2.13. The number of carbonyl (C=O) groups is 1. The molecule has 1 atom stereocenters. The summed E-state index contributed by atoms with van der Waals surface area (Å²) in [7, 11) is 0. The summed E-state index contributed by atoms with van der Waals surface area (Å²) < 4.78 is 19.4. The Morgan fingerprint density at radius 1 is 1.59 bits per heavy atom. The standard InChI is InChI=1S/C16H20FN3O2/c1-3-16(2)11-20(6-7-22-16)15(21)19-10-13-8-12(9-18)4-5-14(13)17/h4-5,8H,3,6-7,10-11H2,1-2H3,(H,19,21). The van der Waals surface area contributed by atoms with Crippen molar-refractivity contribution in [1.29, 1.82) is 5.26 Å². The van der Waals surface area contributed by atoms with Crippen molar-refractivity contribution in [1.82, 2.24) is 10.2 Å². The van der Waals surface area contributed by atoms with E-state index < -0.39 is 5.82 Å². The molecule has 2 amide bonds. The monoisotopic (exact) mass is 305 g/mol. The molecule has 1 aromatic carbocycles. The second-order valence-electron chi connectivity index (χ2n) is 5.65. The Morgan fingerprint density at radius 2 is 2.36 bits per heavy atom. The van der Waals surface area contributed by atoms with E-state index in [9.17, 15) is 9.18 Å². The number of hydrogen-bond acceptors (Lipinski definition) is 3. The molecule has 0 spiro atoms. The van der Waals surface area contributed by atoms with Gasteiger partial charge < -0.3 is 15.0 Å². The van der Waals surface area contributed by atoms with E-state index in [4.69, 9.17) is 10.00 Å². The number of nitrogens with one attached hydrogen (secondary N) is 1. The molecule has 1 fully saturated rings. The zero-order chi connectivity index (χ0) is 16.2. The van der Waals surface area contributed by atoms with Crippen LogP contribution in [0.1, 0.15) is 31.4 Å². The first-order valence-electron chi connectivity index (χ1n) is 7.32. The van der Waals surface area contributed by atoms with Crippen LogP contribution in [0, 0.1) is 17.1 Å². The van der Waals surface area contributed by atoms with E-state index in [1.165, 1.54) is 18.2 Å². The summed E-state index contributed by atoms with van der Waals surface area (Å²) in [5, 5.41) is 11.5. The van der Waals surface area contributed by atoms with Crippen LogP contribution >= 0.6 is 0 Å². The van der Waals surface area contributed by atoms with E-state index in [1.807, 2.05) is 19.9 Å². The van der Waals surface area contributed by atoms with Crippen LogP contribution < -0.4 is 5.32 Å². The van der Waals surface area contributed by atoms with Gasteiger partial charge in [-0.05, 0) is 31.5 Å². The largest absolute Gasteiger partial charge is 0.372 e. The molecule has 1 aromatic rings. The molecule has 118 valence electrons. The molecule has 0 radical (unpaired) electrons. The predicted octanol–water partition coefficient (Wildman–Crippen LogP) is 2.41. The molecule has 2 rings (SSSR count). The number of ether oxygens (including phenoxy) is 1. The zero-order valence-electron chi connectivity index (χ0n) is 12.9. The number of hydrogen-bond donors (Lipinski definition) is 1. The quantitative estimate of drug-likeness (QED) is 0.932. The number of nitrogens with zero attached hydrogens (tertiary/aromatic N) is 2. The third-order valence-electron chi connectivity index (χ3n) is 3.98. The maximum absolute atomic E-state index is 13.7. The second kappa shape index (κ2) is 6.75. The number of halogens is 1. The average Bonchev–Trinajstić information content (AvgIpc) is 2.54. The summed E-state index contributed by atoms with van der Waals surface area (Å²) >= 11 is 0. The minimum Gasteiger partial charge on any atom is -0.372 e. The summed E-state index contributed by atoms with van der Waals surface area (Å²) in [6.45, 7) is 5.57. The maximum atomic E-state index is 13.7. The van der Waals surface area contributed by atoms with Gasteiger partial charge in [0.1, 0.15) is 5.82 Å². The SMILES string of the molecule is CCC1(C)CN(C(=O)NCc2cc(C#N)ccc2F)CCO1. The number of nitriles is 1. The van der Waals surface area contributed by atoms with E-state index in [1.54, 1.807) is 4.90 Å². The Kier molecular flexibility index (Phi) is 4.99. The van der Waals surface area contributed by atoms with E-state index in [-0.39, 0.29) is 18.2 Å². The van der Waals surface area contributed by atoms with Gasteiger partial charge in [-0.25, -0.2) is 9.18 Å². The summed E-state index contributed by atoms with van der Waals surface area (Å²) in [5.41, 5.74) is 0.344. The second-order valence-corrected chi connectivity index (χ2v) is 5.65. The fourth-order valence-electron chi connectivity index (χ4n) is 2.38. The van der Waals surface area contributed by atoms with Crippen molar-refractivity contribution in [2.45, 2.75) is 32.4 Å². The normalized spacial score (nSPS) is 21.3. The third-order valence-corrected chi connectivity index (χ3v) is 3.98. The molecular formula is C16H20FN3O2. The molecule has 1 aliphatic heterocycles.